The molecule has 5 heteroatoms. The van der Waals surface area contributed by atoms with Crippen molar-refractivity contribution < 1.29 is 9.90 Å². The molecule has 0 bridgehead atoms. The third-order valence-electron chi connectivity index (χ3n) is 10.8. The molecular formula is C51H34N4O. The first-order valence-corrected chi connectivity index (χ1v) is 18.7. The third-order valence-corrected chi connectivity index (χ3v) is 10.8. The highest BCUT2D eigenvalue weighted by atomic mass is 16.3. The number of hydrogen-bond acceptors (Lipinski definition) is 4. The second-order valence-corrected chi connectivity index (χ2v) is 14.1. The molecule has 1 unspecified atom stereocenters. The first-order chi connectivity index (χ1) is 29.4. The highest BCUT2D eigenvalue weighted by molar-refractivity contribution is 6.13. The molecule has 1 aliphatic carbocycles. The maximum Gasteiger partial charge on any atom is 0.238 e. The fraction of sp³-hybridized carbons (Fsp3) is 0.0392. The molecular weight excluding hydrogens is 685 g/mol. The van der Waals surface area contributed by atoms with E-state index in [1.807, 2.05) is 114 Å². The maximum absolute atomic E-state index is 9.35. The van der Waals surface area contributed by atoms with Crippen LogP contribution in [-0.2, 0) is 0 Å². The van der Waals surface area contributed by atoms with Gasteiger partial charge in [0, 0.05) is 44.2 Å². The lowest BCUT2D eigenvalue weighted by Gasteiger charge is -2.18. The summed E-state index contributed by atoms with van der Waals surface area (Å²) in [4.78, 5) is 15.4. The van der Waals surface area contributed by atoms with Crippen molar-refractivity contribution in [1.82, 2.24) is 19.5 Å². The Labute approximate surface area is 329 Å². The minimum absolute atomic E-state index is 0.120. The number of aromatic nitrogens is 4. The number of fused-ring (bicyclic) bond motifs is 6. The van der Waals surface area contributed by atoms with Crippen LogP contribution < -0.4 is 0 Å². The molecule has 56 heavy (non-hydrogen) atoms. The molecule has 3 heterocycles. The number of nitrogens with zero attached hydrogens (tertiary/aromatic N) is 4. The van der Waals surface area contributed by atoms with Crippen LogP contribution >= 0.6 is 0 Å². The number of benzene rings is 7. The van der Waals surface area contributed by atoms with Crippen molar-refractivity contribution in [3.8, 4) is 39.9 Å². The Balaban J connectivity index is 1.17. The summed E-state index contributed by atoms with van der Waals surface area (Å²) in [5.41, 5.74) is 9.15. The van der Waals surface area contributed by atoms with Gasteiger partial charge in [0.25, 0.3) is 0 Å². The Hall–Kier alpha value is -7.37. The molecule has 0 spiro atoms. The molecule has 0 saturated carbocycles. The summed E-state index contributed by atoms with van der Waals surface area (Å²) >= 11 is 0. The third kappa shape index (κ3) is 5.44. The normalized spacial score (nSPS) is 15.2. The van der Waals surface area contributed by atoms with Crippen LogP contribution in [0.25, 0.3) is 89.2 Å². The molecule has 0 saturated heterocycles. The minimum Gasteiger partial charge on any atom is -0.456 e. The van der Waals surface area contributed by atoms with Crippen LogP contribution in [0.3, 0.4) is 0 Å². The molecule has 0 amide bonds. The predicted octanol–water partition coefficient (Wildman–Crippen LogP) is 13.0. The van der Waals surface area contributed by atoms with Crippen molar-refractivity contribution in [2.75, 3.05) is 0 Å². The van der Waals surface area contributed by atoms with Gasteiger partial charge in [0.05, 0.1) is 16.5 Å². The van der Waals surface area contributed by atoms with E-state index in [0.29, 0.717) is 44.6 Å². The lowest BCUT2D eigenvalue weighted by atomic mass is 9.88. The molecule has 10 aromatic rings. The first kappa shape index (κ1) is 28.1. The van der Waals surface area contributed by atoms with E-state index in [0.717, 1.165) is 50.6 Å². The van der Waals surface area contributed by atoms with Crippen LogP contribution in [-0.4, -0.2) is 19.5 Å². The fourth-order valence-corrected chi connectivity index (χ4v) is 8.00. The highest BCUT2D eigenvalue weighted by Crippen LogP contribution is 2.39. The van der Waals surface area contributed by atoms with E-state index in [4.69, 9.17) is 22.1 Å². The average molecular weight is 723 g/mol. The van der Waals surface area contributed by atoms with Crippen molar-refractivity contribution in [1.29, 1.82) is 0 Å². The van der Waals surface area contributed by atoms with Gasteiger partial charge in [-0.05, 0) is 52.9 Å². The van der Waals surface area contributed by atoms with Gasteiger partial charge in [-0.3, -0.25) is 4.57 Å². The fourth-order valence-electron chi connectivity index (χ4n) is 8.00. The molecule has 11 rings (SSSR count). The van der Waals surface area contributed by atoms with Crippen molar-refractivity contribution in [3.63, 3.8) is 0 Å². The number of furan rings is 1. The molecule has 0 fully saturated rings. The van der Waals surface area contributed by atoms with Gasteiger partial charge in [0.2, 0.25) is 5.95 Å². The summed E-state index contributed by atoms with van der Waals surface area (Å²) in [6, 6.07) is 47.6. The second-order valence-electron chi connectivity index (χ2n) is 14.1. The van der Waals surface area contributed by atoms with Crippen LogP contribution in [0.2, 0.25) is 0 Å². The lowest BCUT2D eigenvalue weighted by molar-refractivity contribution is 0.669. The van der Waals surface area contributed by atoms with E-state index < -0.39 is 0 Å². The van der Waals surface area contributed by atoms with Crippen molar-refractivity contribution in [3.05, 3.63) is 199 Å². The van der Waals surface area contributed by atoms with Crippen LogP contribution in [0.1, 0.15) is 28.9 Å². The van der Waals surface area contributed by atoms with E-state index in [-0.39, 0.29) is 36.0 Å². The van der Waals surface area contributed by atoms with E-state index in [1.54, 1.807) is 0 Å². The summed E-state index contributed by atoms with van der Waals surface area (Å²) in [5, 5.41) is 3.07. The van der Waals surface area contributed by atoms with Gasteiger partial charge >= 0.3 is 0 Å². The molecule has 3 aromatic heterocycles. The Morgan fingerprint density at radius 2 is 1.25 bits per heavy atom. The zero-order valence-corrected chi connectivity index (χ0v) is 30.1. The summed E-state index contributed by atoms with van der Waals surface area (Å²) in [5.74, 6) is 1.25. The zero-order chi connectivity index (χ0) is 40.5. The minimum atomic E-state index is -0.332. The number of allylic oxidation sites excluding steroid dienone is 4. The SMILES string of the molecule is [2H]c1c([2H])c([2H])c2c(c1[2H])c1cccc(C3=CCC(c4ccccc4)C=C3)c1n2-c1nc(-c2ccc(-c3ccccc3)cc2)nc(-c2ccc3c(c2)oc2ccccc23)n1. The molecule has 1 atom stereocenters. The van der Waals surface area contributed by atoms with Crippen LogP contribution in [0.15, 0.2) is 192 Å². The van der Waals surface area contributed by atoms with Gasteiger partial charge in [0.1, 0.15) is 11.2 Å². The maximum atomic E-state index is 9.35. The van der Waals surface area contributed by atoms with Gasteiger partial charge in [-0.1, -0.05) is 164 Å². The standard InChI is InChI=1S/C51H34N4O/c1-3-12-33(13-4-1)35-22-26-37(27-23-35)40-18-11-19-44-41-16-7-9-20-45(41)55(48(40)44)51-53-49(38-28-24-36(25-29-38)34-14-5-2-6-15-34)52-50(54-51)39-30-31-43-42-17-8-10-21-46(42)56-47(43)32-39/h1-22,24-32,35H,23H2/i7D,9D,16D,20D. The van der Waals surface area contributed by atoms with Gasteiger partial charge in [-0.25, -0.2) is 4.98 Å². The van der Waals surface area contributed by atoms with Crippen molar-refractivity contribution in [2.24, 2.45) is 0 Å². The molecule has 0 radical (unpaired) electrons. The Kier molecular flexibility index (Phi) is 6.62. The van der Waals surface area contributed by atoms with Crippen LogP contribution in [0.4, 0.5) is 0 Å². The summed E-state index contributed by atoms with van der Waals surface area (Å²) in [7, 11) is 0. The number of hydrogen-bond donors (Lipinski definition) is 0. The van der Waals surface area contributed by atoms with Crippen molar-refractivity contribution in [2.45, 2.75) is 12.3 Å². The molecule has 1 aliphatic rings. The monoisotopic (exact) mass is 722 g/mol. The van der Waals surface area contributed by atoms with Gasteiger partial charge < -0.3 is 4.42 Å². The van der Waals surface area contributed by atoms with E-state index in [2.05, 4.69) is 54.6 Å². The molecule has 264 valence electrons. The lowest BCUT2D eigenvalue weighted by Crippen LogP contribution is -2.07. The first-order valence-electron chi connectivity index (χ1n) is 20.7. The molecule has 5 nitrogen and oxygen atoms in total. The second kappa shape index (κ2) is 13.2. The number of rotatable bonds is 6. The van der Waals surface area contributed by atoms with E-state index in [1.165, 1.54) is 5.56 Å². The van der Waals surface area contributed by atoms with Crippen molar-refractivity contribution >= 4 is 49.3 Å². The molecule has 0 aliphatic heterocycles. The Morgan fingerprint density at radius 3 is 2.07 bits per heavy atom. The molecule has 0 N–H and O–H groups in total. The smallest absolute Gasteiger partial charge is 0.238 e. The zero-order valence-electron chi connectivity index (χ0n) is 34.1. The van der Waals surface area contributed by atoms with E-state index in [9.17, 15) is 2.74 Å². The Bertz CT molecular complexity index is 3390. The van der Waals surface area contributed by atoms with E-state index >= 15 is 0 Å². The topological polar surface area (TPSA) is 56.7 Å². The van der Waals surface area contributed by atoms with Crippen LogP contribution in [0.5, 0.6) is 0 Å². The highest BCUT2D eigenvalue weighted by Gasteiger charge is 2.22. The summed E-state index contributed by atoms with van der Waals surface area (Å²) < 4.78 is 44.2. The average Bonchev–Trinajstić information content (AvgIpc) is 3.87. The van der Waals surface area contributed by atoms with Gasteiger partial charge in [0.15, 0.2) is 11.6 Å². The summed E-state index contributed by atoms with van der Waals surface area (Å²) in [6.45, 7) is 0. The quantitative estimate of drug-likeness (QED) is 0.171. The largest absolute Gasteiger partial charge is 0.456 e. The predicted molar refractivity (Wildman–Crippen MR) is 229 cm³/mol. The molecule has 7 aromatic carbocycles. The Morgan fingerprint density at radius 1 is 0.571 bits per heavy atom. The van der Waals surface area contributed by atoms with Gasteiger partial charge in [-0.15, -0.1) is 0 Å². The number of para-hydroxylation sites is 3. The van der Waals surface area contributed by atoms with Crippen LogP contribution in [0, 0.1) is 0 Å². The summed E-state index contributed by atoms with van der Waals surface area (Å²) in [6.07, 6.45) is 7.37. The van der Waals surface area contributed by atoms with Gasteiger partial charge in [-0.2, -0.15) is 9.97 Å².